The van der Waals surface area contributed by atoms with Crippen molar-refractivity contribution in [2.24, 2.45) is 5.73 Å². The number of likely N-dealkylation sites (tertiary alicyclic amines) is 1. The molecule has 0 bridgehead atoms. The average Bonchev–Trinajstić information content (AvgIpc) is 3.05. The number of aromatic nitrogens is 1. The highest BCUT2D eigenvalue weighted by Crippen LogP contribution is 2.35. The fraction of sp³-hybridized carbons (Fsp3) is 0.500. The number of hydrogen-bond donors (Lipinski definition) is 2. The summed E-state index contributed by atoms with van der Waals surface area (Å²) in [4.78, 5) is 7.99. The molecule has 0 amide bonds. The zero-order valence-electron chi connectivity index (χ0n) is 13.6. The smallest absolute Gasteiger partial charge is 0.121 e. The maximum Gasteiger partial charge on any atom is 0.121 e. The summed E-state index contributed by atoms with van der Waals surface area (Å²) in [5.41, 5.74) is 7.64. The van der Waals surface area contributed by atoms with E-state index >= 15 is 0 Å². The highest BCUT2D eigenvalue weighted by atomic mass is 32.1. The number of aliphatic hydroxyl groups is 1. The largest absolute Gasteiger partial charge is 0.386 e. The number of benzene rings is 1. The number of piperidine rings is 1. The first-order valence-electron chi connectivity index (χ1n) is 8.23. The van der Waals surface area contributed by atoms with Crippen LogP contribution in [0.3, 0.4) is 0 Å². The van der Waals surface area contributed by atoms with Crippen LogP contribution in [0.1, 0.15) is 41.3 Å². The van der Waals surface area contributed by atoms with Gasteiger partial charge in [0.05, 0.1) is 0 Å². The molecule has 0 spiro atoms. The molecule has 124 valence electrons. The van der Waals surface area contributed by atoms with E-state index in [1.54, 1.807) is 18.3 Å². The molecule has 1 aliphatic heterocycles. The van der Waals surface area contributed by atoms with E-state index in [-0.39, 0.29) is 5.41 Å². The summed E-state index contributed by atoms with van der Waals surface area (Å²) in [7, 11) is 0. The molecule has 3 rings (SSSR count). The van der Waals surface area contributed by atoms with Gasteiger partial charge in [0, 0.05) is 29.6 Å². The first kappa shape index (κ1) is 16.6. The van der Waals surface area contributed by atoms with Crippen molar-refractivity contribution < 1.29 is 5.11 Å². The molecule has 0 radical (unpaired) electrons. The van der Waals surface area contributed by atoms with Crippen molar-refractivity contribution in [3.8, 4) is 0 Å². The minimum Gasteiger partial charge on any atom is -0.386 e. The molecule has 5 heteroatoms. The summed E-state index contributed by atoms with van der Waals surface area (Å²) in [6.07, 6.45) is 3.61. The first-order valence-corrected chi connectivity index (χ1v) is 9.05. The van der Waals surface area contributed by atoms with Gasteiger partial charge in [-0.1, -0.05) is 30.3 Å². The predicted octanol–water partition coefficient (Wildman–Crippen LogP) is 2.69. The molecule has 1 unspecified atom stereocenters. The van der Waals surface area contributed by atoms with E-state index in [0.717, 1.165) is 37.5 Å². The van der Waals surface area contributed by atoms with Crippen LogP contribution >= 0.6 is 11.3 Å². The Balaban J connectivity index is 1.63. The van der Waals surface area contributed by atoms with Gasteiger partial charge in [0.25, 0.3) is 0 Å². The van der Waals surface area contributed by atoms with Crippen LogP contribution in [0.25, 0.3) is 0 Å². The molecular weight excluding hydrogens is 306 g/mol. The van der Waals surface area contributed by atoms with Gasteiger partial charge in [-0.15, -0.1) is 11.3 Å². The Bertz CT molecular complexity index is 618. The third-order valence-corrected chi connectivity index (χ3v) is 6.05. The zero-order chi connectivity index (χ0) is 16.3. The van der Waals surface area contributed by atoms with Gasteiger partial charge in [-0.2, -0.15) is 0 Å². The molecule has 0 aliphatic carbocycles. The van der Waals surface area contributed by atoms with E-state index in [1.165, 1.54) is 10.4 Å². The zero-order valence-corrected chi connectivity index (χ0v) is 14.4. The Morgan fingerprint density at radius 1 is 1.30 bits per heavy atom. The Hall–Kier alpha value is -1.27. The lowest BCUT2D eigenvalue weighted by Gasteiger charge is -2.41. The fourth-order valence-corrected chi connectivity index (χ4v) is 4.25. The molecule has 1 atom stereocenters. The molecule has 1 aromatic carbocycles. The minimum atomic E-state index is -0.474. The Kier molecular flexibility index (Phi) is 5.11. The molecule has 4 nitrogen and oxygen atoms in total. The molecule has 1 fully saturated rings. The van der Waals surface area contributed by atoms with Crippen LogP contribution in [-0.2, 0) is 12.0 Å². The van der Waals surface area contributed by atoms with E-state index in [1.807, 2.05) is 6.20 Å². The number of nitrogens with zero attached hydrogens (tertiary/aromatic N) is 2. The van der Waals surface area contributed by atoms with Crippen LogP contribution in [0.2, 0.25) is 0 Å². The summed E-state index contributed by atoms with van der Waals surface area (Å²) in [6.45, 7) is 5.48. The van der Waals surface area contributed by atoms with E-state index in [2.05, 4.69) is 40.2 Å². The molecule has 1 aliphatic rings. The van der Waals surface area contributed by atoms with E-state index < -0.39 is 6.10 Å². The second kappa shape index (κ2) is 7.09. The third-order valence-electron chi connectivity index (χ3n) is 4.90. The standard InChI is InChI=1S/C18H25N3OS/c1-14(22)17-20-11-16(23-17)12-21-9-7-18(13-19,8-10-21)15-5-3-2-4-6-15/h2-6,11,14,22H,7-10,12-13,19H2,1H3. The van der Waals surface area contributed by atoms with Crippen LogP contribution in [0.15, 0.2) is 36.5 Å². The lowest BCUT2D eigenvalue weighted by molar-refractivity contribution is 0.157. The van der Waals surface area contributed by atoms with Gasteiger partial charge in [-0.05, 0) is 38.4 Å². The lowest BCUT2D eigenvalue weighted by Crippen LogP contribution is -2.46. The van der Waals surface area contributed by atoms with Crippen molar-refractivity contribution in [3.05, 3.63) is 52.0 Å². The maximum absolute atomic E-state index is 9.59. The highest BCUT2D eigenvalue weighted by Gasteiger charge is 2.34. The fourth-order valence-electron chi connectivity index (χ4n) is 3.35. The van der Waals surface area contributed by atoms with Crippen molar-refractivity contribution in [2.45, 2.75) is 37.8 Å². The van der Waals surface area contributed by atoms with Crippen molar-refractivity contribution >= 4 is 11.3 Å². The molecule has 3 N–H and O–H groups in total. The van der Waals surface area contributed by atoms with Crippen LogP contribution in [0.4, 0.5) is 0 Å². The van der Waals surface area contributed by atoms with Gasteiger partial charge in [0.2, 0.25) is 0 Å². The lowest BCUT2D eigenvalue weighted by atomic mass is 9.73. The molecule has 2 aromatic rings. The van der Waals surface area contributed by atoms with Crippen molar-refractivity contribution in [1.82, 2.24) is 9.88 Å². The molecule has 2 heterocycles. The first-order chi connectivity index (χ1) is 11.1. The van der Waals surface area contributed by atoms with E-state index in [0.29, 0.717) is 6.54 Å². The third kappa shape index (κ3) is 3.63. The van der Waals surface area contributed by atoms with Crippen LogP contribution < -0.4 is 5.73 Å². The Labute approximate surface area is 142 Å². The predicted molar refractivity (Wildman–Crippen MR) is 94.4 cm³/mol. The topological polar surface area (TPSA) is 62.4 Å². The SMILES string of the molecule is CC(O)c1ncc(CN2CCC(CN)(c3ccccc3)CC2)s1. The highest BCUT2D eigenvalue weighted by molar-refractivity contribution is 7.11. The molecule has 0 saturated carbocycles. The normalized spacial score (nSPS) is 19.6. The second-order valence-corrected chi connectivity index (χ2v) is 7.61. The van der Waals surface area contributed by atoms with Crippen molar-refractivity contribution in [3.63, 3.8) is 0 Å². The van der Waals surface area contributed by atoms with Gasteiger partial charge in [0.1, 0.15) is 11.1 Å². The van der Waals surface area contributed by atoms with Crippen LogP contribution in [-0.4, -0.2) is 34.6 Å². The molecule has 1 saturated heterocycles. The Morgan fingerprint density at radius 3 is 2.57 bits per heavy atom. The van der Waals surface area contributed by atoms with E-state index in [4.69, 9.17) is 5.73 Å². The Morgan fingerprint density at radius 2 is 2.00 bits per heavy atom. The number of rotatable bonds is 5. The van der Waals surface area contributed by atoms with Gasteiger partial charge in [-0.25, -0.2) is 4.98 Å². The summed E-state index contributed by atoms with van der Waals surface area (Å²) in [5, 5.41) is 10.4. The summed E-state index contributed by atoms with van der Waals surface area (Å²) >= 11 is 1.61. The molecular formula is C18H25N3OS. The summed E-state index contributed by atoms with van der Waals surface area (Å²) < 4.78 is 0. The number of aliphatic hydroxyl groups excluding tert-OH is 1. The van der Waals surface area contributed by atoms with Gasteiger partial charge >= 0.3 is 0 Å². The van der Waals surface area contributed by atoms with Crippen LogP contribution in [0, 0.1) is 0 Å². The van der Waals surface area contributed by atoms with Gasteiger partial charge in [0.15, 0.2) is 0 Å². The van der Waals surface area contributed by atoms with Gasteiger partial charge in [-0.3, -0.25) is 4.90 Å². The number of thiazole rings is 1. The van der Waals surface area contributed by atoms with E-state index in [9.17, 15) is 5.11 Å². The average molecular weight is 331 g/mol. The monoisotopic (exact) mass is 331 g/mol. The summed E-state index contributed by atoms with van der Waals surface area (Å²) in [6, 6.07) is 10.7. The number of hydrogen-bond acceptors (Lipinski definition) is 5. The van der Waals surface area contributed by atoms with Gasteiger partial charge < -0.3 is 10.8 Å². The van der Waals surface area contributed by atoms with Crippen molar-refractivity contribution in [2.75, 3.05) is 19.6 Å². The summed E-state index contributed by atoms with van der Waals surface area (Å²) in [5.74, 6) is 0. The minimum absolute atomic E-state index is 0.121. The molecule has 1 aromatic heterocycles. The van der Waals surface area contributed by atoms with Crippen LogP contribution in [0.5, 0.6) is 0 Å². The maximum atomic E-state index is 9.59. The molecule has 23 heavy (non-hydrogen) atoms. The van der Waals surface area contributed by atoms with Crippen molar-refractivity contribution in [1.29, 1.82) is 0 Å². The second-order valence-electron chi connectivity index (χ2n) is 6.47. The quantitative estimate of drug-likeness (QED) is 0.884. The number of nitrogens with two attached hydrogens (primary N) is 1.